The van der Waals surface area contributed by atoms with E-state index >= 15 is 0 Å². The number of carbonyl (C=O) groups is 1. The van der Waals surface area contributed by atoms with E-state index < -0.39 is 0 Å². The van der Waals surface area contributed by atoms with Crippen molar-refractivity contribution >= 4 is 32.6 Å². The zero-order valence-electron chi connectivity index (χ0n) is 19.9. The fraction of sp³-hybridized carbons (Fsp3) is 0.370. The number of aryl methyl sites for hydroxylation is 2. The van der Waals surface area contributed by atoms with E-state index in [0.29, 0.717) is 18.7 Å². The van der Waals surface area contributed by atoms with Gasteiger partial charge in [-0.25, -0.2) is 9.97 Å². The number of hydrogen-bond acceptors (Lipinski definition) is 5. The first kappa shape index (κ1) is 24.0. The van der Waals surface area contributed by atoms with Gasteiger partial charge in [-0.3, -0.25) is 9.69 Å². The van der Waals surface area contributed by atoms with E-state index in [1.165, 1.54) is 5.56 Å². The van der Waals surface area contributed by atoms with Crippen LogP contribution in [0.4, 0.5) is 5.13 Å². The summed E-state index contributed by atoms with van der Waals surface area (Å²) in [6, 6.07) is 13.8. The van der Waals surface area contributed by atoms with Crippen LogP contribution in [0.1, 0.15) is 55.5 Å². The smallest absolute Gasteiger partial charge is 0.260 e. The van der Waals surface area contributed by atoms with Crippen molar-refractivity contribution in [2.45, 2.75) is 52.5 Å². The maximum Gasteiger partial charge on any atom is 0.260 e. The molecule has 0 N–H and O–H groups in total. The van der Waals surface area contributed by atoms with Gasteiger partial charge in [0.25, 0.3) is 5.91 Å². The second-order valence-corrected chi connectivity index (χ2v) is 9.32. The minimum absolute atomic E-state index is 0.0539. The molecule has 4 aromatic rings. The molecule has 7 heteroatoms. The molecule has 0 aliphatic rings. The molecular formula is C27H32N4O2S. The van der Waals surface area contributed by atoms with Crippen LogP contribution < -0.4 is 9.64 Å². The van der Waals surface area contributed by atoms with Crippen molar-refractivity contribution in [1.82, 2.24) is 14.5 Å². The molecule has 0 aliphatic carbocycles. The Bertz CT molecular complexity index is 1200. The molecule has 0 atom stereocenters. The largest absolute Gasteiger partial charge is 0.494 e. The predicted octanol–water partition coefficient (Wildman–Crippen LogP) is 6.36. The molecule has 0 saturated carbocycles. The standard InChI is InChI=1S/C27H32N4O2S/c1-3-5-6-18-33-23-12-7-11-22(19-23)26(32)31(16-9-15-30-17-14-28-20-30)27-29-25-21(4-2)10-8-13-24(25)34-27/h7-8,10-14,17,19-20H,3-6,9,15-16,18H2,1-2H3. The molecule has 0 saturated heterocycles. The summed E-state index contributed by atoms with van der Waals surface area (Å²) in [5, 5.41) is 0.737. The molecule has 0 aliphatic heterocycles. The van der Waals surface area contributed by atoms with Crippen molar-refractivity contribution in [3.05, 3.63) is 72.3 Å². The Morgan fingerprint density at radius 3 is 2.79 bits per heavy atom. The first-order valence-corrected chi connectivity index (χ1v) is 12.9. The average molecular weight is 477 g/mol. The Hall–Kier alpha value is -3.19. The summed E-state index contributed by atoms with van der Waals surface area (Å²) in [7, 11) is 0. The van der Waals surface area contributed by atoms with E-state index in [1.54, 1.807) is 23.9 Å². The van der Waals surface area contributed by atoms with Gasteiger partial charge < -0.3 is 9.30 Å². The Morgan fingerprint density at radius 1 is 1.12 bits per heavy atom. The van der Waals surface area contributed by atoms with Gasteiger partial charge in [0.1, 0.15) is 5.75 Å². The highest BCUT2D eigenvalue weighted by atomic mass is 32.1. The summed E-state index contributed by atoms with van der Waals surface area (Å²) in [6.45, 7) is 6.33. The minimum atomic E-state index is -0.0539. The van der Waals surface area contributed by atoms with Crippen LogP contribution in [-0.2, 0) is 13.0 Å². The number of amides is 1. The fourth-order valence-corrected chi connectivity index (χ4v) is 4.96. The van der Waals surface area contributed by atoms with Gasteiger partial charge in [-0.1, -0.05) is 56.2 Å². The fourth-order valence-electron chi connectivity index (χ4n) is 3.93. The van der Waals surface area contributed by atoms with E-state index in [9.17, 15) is 4.79 Å². The number of aromatic nitrogens is 3. The van der Waals surface area contributed by atoms with Crippen molar-refractivity contribution in [3.8, 4) is 5.75 Å². The van der Waals surface area contributed by atoms with Gasteiger partial charge in [0, 0.05) is 31.0 Å². The number of unbranched alkanes of at least 4 members (excludes halogenated alkanes) is 2. The lowest BCUT2D eigenvalue weighted by Crippen LogP contribution is -2.32. The summed E-state index contributed by atoms with van der Waals surface area (Å²) < 4.78 is 9.03. The topological polar surface area (TPSA) is 60.2 Å². The number of anilines is 1. The molecule has 0 bridgehead atoms. The highest BCUT2D eigenvalue weighted by molar-refractivity contribution is 7.22. The van der Waals surface area contributed by atoms with Crippen LogP contribution in [0.5, 0.6) is 5.75 Å². The van der Waals surface area contributed by atoms with Crippen molar-refractivity contribution in [1.29, 1.82) is 0 Å². The molecule has 2 heterocycles. The zero-order chi connectivity index (χ0) is 23.8. The minimum Gasteiger partial charge on any atom is -0.494 e. The second kappa shape index (κ2) is 11.8. The maximum atomic E-state index is 13.7. The number of para-hydroxylation sites is 1. The van der Waals surface area contributed by atoms with Gasteiger partial charge >= 0.3 is 0 Å². The van der Waals surface area contributed by atoms with Crippen LogP contribution in [0.2, 0.25) is 0 Å². The van der Waals surface area contributed by atoms with Crippen LogP contribution in [0, 0.1) is 0 Å². The number of ether oxygens (including phenoxy) is 1. The van der Waals surface area contributed by atoms with Crippen molar-refractivity contribution in [2.75, 3.05) is 18.1 Å². The molecule has 34 heavy (non-hydrogen) atoms. The van der Waals surface area contributed by atoms with Crippen molar-refractivity contribution in [2.24, 2.45) is 0 Å². The van der Waals surface area contributed by atoms with E-state index in [1.807, 2.05) is 39.9 Å². The third kappa shape index (κ3) is 5.83. The molecule has 0 unspecified atom stereocenters. The molecule has 2 aromatic carbocycles. The third-order valence-corrected chi connectivity index (χ3v) is 6.85. The lowest BCUT2D eigenvalue weighted by atomic mass is 10.1. The quantitative estimate of drug-likeness (QED) is 0.223. The van der Waals surface area contributed by atoms with E-state index in [0.717, 1.165) is 59.7 Å². The first-order chi connectivity index (χ1) is 16.7. The molecule has 6 nitrogen and oxygen atoms in total. The summed E-state index contributed by atoms with van der Waals surface area (Å²) in [6.07, 6.45) is 10.5. The van der Waals surface area contributed by atoms with E-state index in [4.69, 9.17) is 9.72 Å². The number of benzene rings is 2. The van der Waals surface area contributed by atoms with Crippen LogP contribution >= 0.6 is 11.3 Å². The second-order valence-electron chi connectivity index (χ2n) is 8.31. The van der Waals surface area contributed by atoms with Gasteiger partial charge in [-0.2, -0.15) is 0 Å². The number of carbonyl (C=O) groups excluding carboxylic acids is 1. The van der Waals surface area contributed by atoms with Gasteiger partial charge in [-0.15, -0.1) is 0 Å². The van der Waals surface area contributed by atoms with E-state index in [-0.39, 0.29) is 5.91 Å². The molecule has 0 radical (unpaired) electrons. The summed E-state index contributed by atoms with van der Waals surface area (Å²) in [4.78, 5) is 24.6. The van der Waals surface area contributed by atoms with Crippen LogP contribution in [-0.4, -0.2) is 33.6 Å². The molecular weight excluding hydrogens is 444 g/mol. The molecule has 178 valence electrons. The van der Waals surface area contributed by atoms with Crippen LogP contribution in [0.15, 0.2) is 61.2 Å². The number of thiazole rings is 1. The van der Waals surface area contributed by atoms with Crippen molar-refractivity contribution < 1.29 is 9.53 Å². The molecule has 0 fully saturated rings. The van der Waals surface area contributed by atoms with Gasteiger partial charge in [0.05, 0.1) is 23.2 Å². The SMILES string of the molecule is CCCCCOc1cccc(C(=O)N(CCCn2ccnc2)c2nc3c(CC)cccc3s2)c1. The van der Waals surface area contributed by atoms with Gasteiger partial charge in [0.2, 0.25) is 0 Å². The summed E-state index contributed by atoms with van der Waals surface area (Å²) >= 11 is 1.57. The molecule has 2 aromatic heterocycles. The maximum absolute atomic E-state index is 13.7. The predicted molar refractivity (Wildman–Crippen MR) is 139 cm³/mol. The monoisotopic (exact) mass is 476 g/mol. The Kier molecular flexibility index (Phi) is 8.31. The average Bonchev–Trinajstić information content (AvgIpc) is 3.54. The lowest BCUT2D eigenvalue weighted by Gasteiger charge is -2.20. The Labute approximate surface area is 205 Å². The molecule has 1 amide bonds. The first-order valence-electron chi connectivity index (χ1n) is 12.1. The van der Waals surface area contributed by atoms with Gasteiger partial charge in [0.15, 0.2) is 5.13 Å². The number of rotatable bonds is 12. The summed E-state index contributed by atoms with van der Waals surface area (Å²) in [5.74, 6) is 0.680. The van der Waals surface area contributed by atoms with Gasteiger partial charge in [-0.05, 0) is 49.1 Å². The number of hydrogen-bond donors (Lipinski definition) is 0. The van der Waals surface area contributed by atoms with Crippen LogP contribution in [0.3, 0.4) is 0 Å². The van der Waals surface area contributed by atoms with E-state index in [2.05, 4.69) is 37.0 Å². The normalized spacial score (nSPS) is 11.1. The number of nitrogens with zero attached hydrogens (tertiary/aromatic N) is 4. The van der Waals surface area contributed by atoms with Crippen molar-refractivity contribution in [3.63, 3.8) is 0 Å². The number of imidazole rings is 1. The highest BCUT2D eigenvalue weighted by Gasteiger charge is 2.22. The zero-order valence-corrected chi connectivity index (χ0v) is 20.8. The van der Waals surface area contributed by atoms with Crippen LogP contribution in [0.25, 0.3) is 10.2 Å². The Morgan fingerprint density at radius 2 is 2.00 bits per heavy atom. The molecule has 4 rings (SSSR count). The highest BCUT2D eigenvalue weighted by Crippen LogP contribution is 2.32. The third-order valence-electron chi connectivity index (χ3n) is 5.80. The molecule has 0 spiro atoms. The Balaban J connectivity index is 1.58. The number of fused-ring (bicyclic) bond motifs is 1. The summed E-state index contributed by atoms with van der Waals surface area (Å²) in [5.41, 5.74) is 2.81. The lowest BCUT2D eigenvalue weighted by molar-refractivity contribution is 0.0986.